The van der Waals surface area contributed by atoms with Crippen molar-refractivity contribution in [2.24, 2.45) is 4.99 Å². The molecule has 0 amide bonds. The average molecular weight is 2750 g/mol. The smallest absolute Gasteiger partial charge is 0.354 e. The Bertz CT molecular complexity index is 6120. The van der Waals surface area contributed by atoms with Gasteiger partial charge in [0.1, 0.15) is 17.2 Å². The van der Waals surface area contributed by atoms with Crippen molar-refractivity contribution < 1.29 is 156 Å². The number of fused-ring (bicyclic) bond motifs is 5. The third-order valence-electron chi connectivity index (χ3n) is 19.6. The van der Waals surface area contributed by atoms with Crippen LogP contribution in [0.3, 0.4) is 0 Å². The van der Waals surface area contributed by atoms with Crippen molar-refractivity contribution in [1.82, 2.24) is 54.8 Å². The molecule has 18 rings (SSSR count). The fourth-order valence-electron chi connectivity index (χ4n) is 13.6. The number of pyridine rings is 1. The van der Waals surface area contributed by atoms with E-state index in [1.165, 1.54) is 79.3 Å². The number of aldehydes is 1. The third-order valence-corrected chi connectivity index (χ3v) is 19.6. The number of aliphatic hydroxyl groups excluding tert-OH is 4. The number of aromatic nitrogens is 11. The van der Waals surface area contributed by atoms with Crippen molar-refractivity contribution in [3.05, 3.63) is 390 Å². The maximum Gasteiger partial charge on any atom is 0.354 e. The van der Waals surface area contributed by atoms with Crippen LogP contribution in [0.1, 0.15) is 117 Å². The summed E-state index contributed by atoms with van der Waals surface area (Å²) in [5.41, 5.74) is 20.3. The van der Waals surface area contributed by atoms with E-state index in [0.717, 1.165) is 119 Å². The fourth-order valence-corrected chi connectivity index (χ4v) is 13.6. The summed E-state index contributed by atoms with van der Waals surface area (Å²) in [6.07, 6.45) is 9.69. The van der Waals surface area contributed by atoms with Gasteiger partial charge in [-0.1, -0.05) is 186 Å². The number of rotatable bonds is 13. The molecule has 0 bridgehead atoms. The number of aliphatic hydroxyl groups is 5. The van der Waals surface area contributed by atoms with Crippen molar-refractivity contribution >= 4 is 72.3 Å². The Morgan fingerprint density at radius 2 is 0.612 bits per heavy atom. The number of phenolic OH excluding ortho intramolecular Hbond substituents is 2. The Balaban J connectivity index is 0.000000402. The second-order valence-corrected chi connectivity index (χ2v) is 30.4. The zero-order valence-corrected chi connectivity index (χ0v) is 90.3. The minimum atomic E-state index is -1.50. The molecule has 3 atom stereocenters. The molecular formula is C111H111Ir5N12O11-5. The SMILES string of the molecule is C.CC(O)CC(C)O.CN=Cc1ccccc1O.COC(O)CC(O)O.Cc1cnc(-c2[c-]ccc3ccccc23)c(C)n1.Cc1cnc(-c2[c-]ccc3ccccc23)c(C)n1.Cc1cnc(-c2[c-]ccc3ccccc23)c(C)n1.Cc1cnc(-c2[c-]ccc3ccccc23)c(C)n1.Cc1cnc(-c2[c-]ccc3ccccc23)c(C)n1.O=C(O)c1ccccn1.O=Cc1ccccc1O.[Ir].[Ir].[Ir].[Ir].[Ir]. The molecule has 0 saturated carbocycles. The van der Waals surface area contributed by atoms with Crippen molar-refractivity contribution in [3.63, 3.8) is 0 Å². The van der Waals surface area contributed by atoms with E-state index < -0.39 is 18.5 Å². The molecule has 0 saturated heterocycles. The van der Waals surface area contributed by atoms with Crippen LogP contribution in [0.4, 0.5) is 0 Å². The van der Waals surface area contributed by atoms with Crippen LogP contribution in [0.5, 0.6) is 11.5 Å². The molecule has 28 heteroatoms. The molecule has 0 aliphatic carbocycles. The van der Waals surface area contributed by atoms with Crippen LogP contribution in [0.2, 0.25) is 0 Å². The molecule has 139 heavy (non-hydrogen) atoms. The average Bonchev–Trinajstić information content (AvgIpc) is 0.814. The summed E-state index contributed by atoms with van der Waals surface area (Å²) in [4.78, 5) is 72.5. The van der Waals surface area contributed by atoms with Crippen molar-refractivity contribution in [3.8, 4) is 67.8 Å². The first-order valence-electron chi connectivity index (χ1n) is 42.6. The third kappa shape index (κ3) is 37.5. The summed E-state index contributed by atoms with van der Waals surface area (Å²) >= 11 is 0. The predicted molar refractivity (Wildman–Crippen MR) is 533 cm³/mol. The van der Waals surface area contributed by atoms with Gasteiger partial charge in [-0.25, -0.2) is 9.78 Å². The number of ether oxygens (including phenoxy) is 1. The molecule has 731 valence electrons. The van der Waals surface area contributed by atoms with Gasteiger partial charge in [0.2, 0.25) is 0 Å². The van der Waals surface area contributed by atoms with E-state index in [4.69, 9.17) is 40.9 Å². The Hall–Kier alpha value is -12.1. The molecule has 0 aliphatic heterocycles. The van der Waals surface area contributed by atoms with Crippen LogP contribution in [-0.2, 0) is 105 Å². The van der Waals surface area contributed by atoms with Crippen molar-refractivity contribution in [1.29, 1.82) is 0 Å². The minimum absolute atomic E-state index is 0. The van der Waals surface area contributed by atoms with Crippen molar-refractivity contribution in [2.45, 2.75) is 128 Å². The maximum absolute atomic E-state index is 10.1. The Morgan fingerprint density at radius 1 is 0.360 bits per heavy atom. The van der Waals surface area contributed by atoms with Crippen LogP contribution in [-0.4, -0.2) is 153 Å². The first kappa shape index (κ1) is 121. The maximum atomic E-state index is 10.1. The van der Waals surface area contributed by atoms with E-state index in [1.807, 2.05) is 172 Å². The number of carboxylic acids is 1. The number of aromatic carboxylic acids is 1. The molecule has 0 spiro atoms. The standard InChI is InChI=1S/5C16H13N2.C8H9NO.C7H6O2.C6H5NO2.C5H12O2.C4H10O4.CH4.5Ir/c5*1-11-10-17-16(12(2)18-11)15-9-5-7-13-6-3-4-8-14(13)15;1-9-6-7-4-2-3-5-8(7)10;8-5-6-3-1-2-4-7(6)9;8-6(9)5-3-1-2-4-7-5;1-4(6)3-5(2)7;1-8-4(7)2-3(5)6;;;;;;/h5*3-8,10H,1-2H3;2-6,10H,1H3;1-5,9H;1-4H,(H,8,9);4-7H,3H2,1-2H3;3-7H,2H2,1H3;1H4;;;;;/q5*-1;;;;;;;;;;;. The predicted octanol–water partition coefficient (Wildman–Crippen LogP) is 21.4. The zero-order chi connectivity index (χ0) is 95.9. The van der Waals surface area contributed by atoms with Gasteiger partial charge in [-0.15, -0.1) is 146 Å². The van der Waals surface area contributed by atoms with Gasteiger partial charge >= 0.3 is 5.97 Å². The fraction of sp³-hybridized carbons (Fsp3) is 0.189. The number of methoxy groups -OCH3 is 1. The summed E-state index contributed by atoms with van der Waals surface area (Å²) in [7, 11) is 2.96. The van der Waals surface area contributed by atoms with E-state index in [1.54, 1.807) is 101 Å². The van der Waals surface area contributed by atoms with Gasteiger partial charge in [0.15, 0.2) is 18.9 Å². The molecule has 8 N–H and O–H groups in total. The second kappa shape index (κ2) is 62.8. The van der Waals surface area contributed by atoms with Gasteiger partial charge in [-0.05, 0) is 126 Å². The van der Waals surface area contributed by atoms with E-state index in [9.17, 15) is 9.59 Å². The van der Waals surface area contributed by atoms with E-state index in [0.29, 0.717) is 18.3 Å². The normalized spacial score (nSPS) is 10.7. The van der Waals surface area contributed by atoms with Gasteiger partial charge in [0.05, 0.1) is 46.2 Å². The molecule has 6 heterocycles. The van der Waals surface area contributed by atoms with Gasteiger partial charge in [0, 0.05) is 227 Å². The topological polar surface area (TPSA) is 359 Å². The summed E-state index contributed by atoms with van der Waals surface area (Å²) in [6, 6.07) is 96.1. The number of aromatic hydroxyl groups is 2. The number of benzene rings is 12. The number of phenols is 2. The van der Waals surface area contributed by atoms with Crippen molar-refractivity contribution in [2.75, 3.05) is 14.2 Å². The van der Waals surface area contributed by atoms with Crippen LogP contribution < -0.4 is 0 Å². The van der Waals surface area contributed by atoms with Crippen LogP contribution >= 0.6 is 0 Å². The second-order valence-electron chi connectivity index (χ2n) is 30.4. The number of carbonyl (C=O) groups excluding carboxylic acids is 1. The van der Waals surface area contributed by atoms with Gasteiger partial charge < -0.3 is 70.5 Å². The summed E-state index contributed by atoms with van der Waals surface area (Å²) in [6.45, 7) is 23.0. The zero-order valence-electron chi connectivity index (χ0n) is 78.3. The first-order valence-corrected chi connectivity index (χ1v) is 42.6. The summed E-state index contributed by atoms with van der Waals surface area (Å²) in [5, 5.41) is 80.2. The molecule has 0 fully saturated rings. The summed E-state index contributed by atoms with van der Waals surface area (Å²) < 4.78 is 4.30. The van der Waals surface area contributed by atoms with E-state index in [-0.39, 0.29) is 144 Å². The number of carbonyl (C=O) groups is 2. The van der Waals surface area contributed by atoms with Crippen LogP contribution in [0.25, 0.3) is 110 Å². The first-order chi connectivity index (χ1) is 64.0. The quantitative estimate of drug-likeness (QED) is 0.0230. The van der Waals surface area contributed by atoms with E-state index >= 15 is 0 Å². The molecule has 23 nitrogen and oxygen atoms in total. The Kier molecular flexibility index (Phi) is 54.7. The number of nitrogens with zero attached hydrogens (tertiary/aromatic N) is 12. The Labute approximate surface area is 880 Å². The van der Waals surface area contributed by atoms with Crippen LogP contribution in [0, 0.1) is 99.6 Å². The Morgan fingerprint density at radius 3 is 0.799 bits per heavy atom. The van der Waals surface area contributed by atoms with Gasteiger partial charge in [-0.3, -0.25) is 34.7 Å². The van der Waals surface area contributed by atoms with Gasteiger partial charge in [0.25, 0.3) is 0 Å². The number of aliphatic imine (C=N–C) groups is 1. The number of aryl methyl sites for hydroxylation is 10. The number of hydrogen-bond acceptors (Lipinski definition) is 22. The molecule has 18 aromatic rings. The summed E-state index contributed by atoms with van der Waals surface area (Å²) in [5.74, 6) is -0.684. The monoisotopic (exact) mass is 2750 g/mol. The number of hydrogen-bond donors (Lipinski definition) is 8. The number of para-hydroxylation sites is 2. The molecular weight excluding hydrogens is 2640 g/mol. The molecule has 12 aromatic carbocycles. The van der Waals surface area contributed by atoms with Crippen LogP contribution in [0.15, 0.2) is 291 Å². The molecule has 3 unspecified atom stereocenters. The number of carboxylic acid groups (broad SMARTS) is 1. The minimum Gasteiger partial charge on any atom is -0.507 e. The van der Waals surface area contributed by atoms with Gasteiger partial charge in [-0.2, -0.15) is 0 Å². The molecule has 0 aliphatic rings. The molecule has 6 aromatic heterocycles. The molecule has 5 radical (unpaired) electrons. The largest absolute Gasteiger partial charge is 0.507 e. The van der Waals surface area contributed by atoms with E-state index in [2.05, 4.69) is 186 Å².